The summed E-state index contributed by atoms with van der Waals surface area (Å²) < 4.78 is 5.43. The number of esters is 1. The average Bonchev–Trinajstić information content (AvgIpc) is 2.66. The zero-order valence-corrected chi connectivity index (χ0v) is 15.9. The number of benzene rings is 2. The van der Waals surface area contributed by atoms with Gasteiger partial charge < -0.3 is 15.8 Å². The first-order valence-electron chi connectivity index (χ1n) is 9.26. The van der Waals surface area contributed by atoms with Gasteiger partial charge in [0.2, 0.25) is 5.91 Å². The Kier molecular flexibility index (Phi) is 8.01. The molecule has 27 heavy (non-hydrogen) atoms. The first kappa shape index (κ1) is 20.6. The molecule has 0 aliphatic carbocycles. The summed E-state index contributed by atoms with van der Waals surface area (Å²) in [5, 5.41) is 2.77. The van der Waals surface area contributed by atoms with Gasteiger partial charge in [-0.25, -0.2) is 4.79 Å². The van der Waals surface area contributed by atoms with Crippen molar-refractivity contribution in [3.63, 3.8) is 0 Å². The van der Waals surface area contributed by atoms with Gasteiger partial charge in [0.05, 0.1) is 6.04 Å². The topological polar surface area (TPSA) is 81.4 Å². The van der Waals surface area contributed by atoms with Gasteiger partial charge in [-0.05, 0) is 23.5 Å². The van der Waals surface area contributed by atoms with Crippen LogP contribution in [0.3, 0.4) is 0 Å². The third kappa shape index (κ3) is 7.23. The maximum Gasteiger partial charge on any atom is 0.329 e. The molecule has 5 heteroatoms. The van der Waals surface area contributed by atoms with E-state index in [2.05, 4.69) is 5.32 Å². The number of carbonyl (C=O) groups is 2. The van der Waals surface area contributed by atoms with E-state index in [1.165, 1.54) is 0 Å². The highest BCUT2D eigenvalue weighted by molar-refractivity contribution is 5.87. The van der Waals surface area contributed by atoms with Crippen molar-refractivity contribution >= 4 is 11.9 Å². The summed E-state index contributed by atoms with van der Waals surface area (Å²) in [6.07, 6.45) is 0.914. The van der Waals surface area contributed by atoms with Crippen LogP contribution in [0.4, 0.5) is 0 Å². The van der Waals surface area contributed by atoms with Gasteiger partial charge in [0, 0.05) is 6.42 Å². The van der Waals surface area contributed by atoms with Gasteiger partial charge in [0.15, 0.2) is 0 Å². The van der Waals surface area contributed by atoms with E-state index in [4.69, 9.17) is 10.5 Å². The highest BCUT2D eigenvalue weighted by Crippen LogP contribution is 2.09. The van der Waals surface area contributed by atoms with E-state index in [1.807, 2.05) is 74.5 Å². The number of hydrogen-bond donors (Lipinski definition) is 2. The van der Waals surface area contributed by atoms with Crippen molar-refractivity contribution in [2.75, 3.05) is 0 Å². The number of ether oxygens (including phenoxy) is 1. The van der Waals surface area contributed by atoms with Crippen LogP contribution in [0, 0.1) is 5.92 Å². The van der Waals surface area contributed by atoms with Gasteiger partial charge >= 0.3 is 5.97 Å². The zero-order valence-electron chi connectivity index (χ0n) is 15.9. The van der Waals surface area contributed by atoms with Crippen molar-refractivity contribution in [1.29, 1.82) is 0 Å². The number of carbonyl (C=O) groups excluding carboxylic acids is 2. The van der Waals surface area contributed by atoms with Crippen molar-refractivity contribution in [3.05, 3.63) is 71.8 Å². The molecular formula is C22H28N2O3. The fraction of sp³-hybridized carbons (Fsp3) is 0.364. The summed E-state index contributed by atoms with van der Waals surface area (Å²) in [6, 6.07) is 17.6. The first-order chi connectivity index (χ1) is 13.0. The molecule has 1 amide bonds. The van der Waals surface area contributed by atoms with Crippen molar-refractivity contribution < 1.29 is 14.3 Å². The number of amides is 1. The molecule has 0 bridgehead atoms. The molecule has 0 unspecified atom stereocenters. The summed E-state index contributed by atoms with van der Waals surface area (Å²) in [7, 11) is 0. The average molecular weight is 368 g/mol. The smallest absolute Gasteiger partial charge is 0.329 e. The molecule has 0 spiro atoms. The van der Waals surface area contributed by atoms with Crippen LogP contribution < -0.4 is 11.1 Å². The van der Waals surface area contributed by atoms with Crippen molar-refractivity contribution in [2.24, 2.45) is 11.7 Å². The first-order valence-corrected chi connectivity index (χ1v) is 9.26. The lowest BCUT2D eigenvalue weighted by molar-refractivity contribution is -0.149. The van der Waals surface area contributed by atoms with E-state index in [-0.39, 0.29) is 12.5 Å². The largest absolute Gasteiger partial charge is 0.459 e. The SMILES string of the molecule is CC(C)C[C@@H](N)C(=O)N[C@H](Cc1ccccc1)C(=O)OCc1ccccc1. The molecule has 0 aliphatic heterocycles. The Hall–Kier alpha value is -2.66. The standard InChI is InChI=1S/C22H28N2O3/c1-16(2)13-19(23)21(25)24-20(14-17-9-5-3-6-10-17)22(26)27-15-18-11-7-4-8-12-18/h3-12,16,19-20H,13-15,23H2,1-2H3,(H,24,25)/t19-,20-/m1/s1. The van der Waals surface area contributed by atoms with E-state index in [1.54, 1.807) is 0 Å². The summed E-state index contributed by atoms with van der Waals surface area (Å²) in [5.41, 5.74) is 7.80. The lowest BCUT2D eigenvalue weighted by atomic mass is 10.0. The molecule has 0 heterocycles. The molecule has 3 N–H and O–H groups in total. The lowest BCUT2D eigenvalue weighted by Gasteiger charge is -2.21. The normalized spacial score (nSPS) is 13.0. The molecule has 2 aromatic carbocycles. The quantitative estimate of drug-likeness (QED) is 0.667. The Morgan fingerprint density at radius 1 is 0.963 bits per heavy atom. The second kappa shape index (κ2) is 10.5. The van der Waals surface area contributed by atoms with Crippen LogP contribution in [0.1, 0.15) is 31.4 Å². The molecule has 2 aromatic rings. The van der Waals surface area contributed by atoms with Gasteiger partial charge in [-0.15, -0.1) is 0 Å². The van der Waals surface area contributed by atoms with E-state index in [0.29, 0.717) is 18.8 Å². The molecule has 0 saturated carbocycles. The number of rotatable bonds is 9. The predicted octanol–water partition coefficient (Wildman–Crippen LogP) is 2.83. The summed E-state index contributed by atoms with van der Waals surface area (Å²) in [4.78, 5) is 25.0. The highest BCUT2D eigenvalue weighted by atomic mass is 16.5. The fourth-order valence-electron chi connectivity index (χ4n) is 2.77. The third-order valence-electron chi connectivity index (χ3n) is 4.17. The minimum atomic E-state index is -0.776. The second-order valence-corrected chi connectivity index (χ2v) is 7.08. The number of nitrogens with two attached hydrogens (primary N) is 1. The third-order valence-corrected chi connectivity index (χ3v) is 4.17. The van der Waals surface area contributed by atoms with E-state index in [9.17, 15) is 9.59 Å². The van der Waals surface area contributed by atoms with Crippen LogP contribution in [0.15, 0.2) is 60.7 Å². The Bertz CT molecular complexity index is 717. The maximum absolute atomic E-state index is 12.6. The Morgan fingerprint density at radius 2 is 1.52 bits per heavy atom. The predicted molar refractivity (Wildman–Crippen MR) is 106 cm³/mol. The summed E-state index contributed by atoms with van der Waals surface area (Å²) >= 11 is 0. The van der Waals surface area contributed by atoms with E-state index >= 15 is 0 Å². The van der Waals surface area contributed by atoms with Crippen LogP contribution in [0.25, 0.3) is 0 Å². The molecular weight excluding hydrogens is 340 g/mol. The lowest BCUT2D eigenvalue weighted by Crippen LogP contribution is -2.50. The minimum Gasteiger partial charge on any atom is -0.459 e. The van der Waals surface area contributed by atoms with Gasteiger partial charge in [0.1, 0.15) is 12.6 Å². The van der Waals surface area contributed by atoms with Crippen LogP contribution in [-0.4, -0.2) is 24.0 Å². The second-order valence-electron chi connectivity index (χ2n) is 7.08. The van der Waals surface area contributed by atoms with Crippen molar-refractivity contribution in [2.45, 2.75) is 45.4 Å². The van der Waals surface area contributed by atoms with Gasteiger partial charge in [-0.3, -0.25) is 4.79 Å². The van der Waals surface area contributed by atoms with Crippen molar-refractivity contribution in [3.8, 4) is 0 Å². The van der Waals surface area contributed by atoms with E-state index < -0.39 is 18.1 Å². The highest BCUT2D eigenvalue weighted by Gasteiger charge is 2.25. The molecule has 0 aromatic heterocycles. The molecule has 5 nitrogen and oxygen atoms in total. The minimum absolute atomic E-state index is 0.166. The van der Waals surface area contributed by atoms with Gasteiger partial charge in [0.25, 0.3) is 0 Å². The van der Waals surface area contributed by atoms with Crippen LogP contribution in [0.2, 0.25) is 0 Å². The summed E-state index contributed by atoms with van der Waals surface area (Å²) in [6.45, 7) is 4.17. The number of hydrogen-bond acceptors (Lipinski definition) is 4. The van der Waals surface area contributed by atoms with Crippen molar-refractivity contribution in [1.82, 2.24) is 5.32 Å². The molecule has 0 saturated heterocycles. The number of nitrogens with one attached hydrogen (secondary N) is 1. The summed E-state index contributed by atoms with van der Waals surface area (Å²) in [5.74, 6) is -0.502. The molecule has 144 valence electrons. The molecule has 0 aliphatic rings. The van der Waals surface area contributed by atoms with Crippen LogP contribution in [0.5, 0.6) is 0 Å². The molecule has 0 fully saturated rings. The fourth-order valence-corrected chi connectivity index (χ4v) is 2.77. The van der Waals surface area contributed by atoms with Gasteiger partial charge in [-0.2, -0.15) is 0 Å². The molecule has 0 radical (unpaired) electrons. The monoisotopic (exact) mass is 368 g/mol. The molecule has 2 atom stereocenters. The van der Waals surface area contributed by atoms with Gasteiger partial charge in [-0.1, -0.05) is 74.5 Å². The Labute approximate surface area is 160 Å². The van der Waals surface area contributed by atoms with Crippen LogP contribution in [-0.2, 0) is 27.4 Å². The van der Waals surface area contributed by atoms with Crippen LogP contribution >= 0.6 is 0 Å². The zero-order chi connectivity index (χ0) is 19.6. The molecule has 2 rings (SSSR count). The maximum atomic E-state index is 12.6. The Balaban J connectivity index is 2.03. The Morgan fingerprint density at radius 3 is 2.07 bits per heavy atom. The van der Waals surface area contributed by atoms with E-state index in [0.717, 1.165) is 11.1 Å².